The van der Waals surface area contributed by atoms with Crippen molar-refractivity contribution < 1.29 is 18.0 Å². The molecule has 3 aromatic carbocycles. The second kappa shape index (κ2) is 8.64. The average Bonchev–Trinajstić information content (AvgIpc) is 2.71. The molecule has 0 aromatic heterocycles. The highest BCUT2D eigenvalue weighted by Crippen LogP contribution is 2.23. The van der Waals surface area contributed by atoms with Crippen LogP contribution in [0.25, 0.3) is 0 Å². The largest absolute Gasteiger partial charge is 0.295 e. The minimum atomic E-state index is -1.60. The molecule has 0 fully saturated rings. The number of thioether (sulfide) groups is 1. The van der Waals surface area contributed by atoms with Crippen molar-refractivity contribution in [3.8, 4) is 0 Å². The maximum absolute atomic E-state index is 13.6. The first-order valence-corrected chi connectivity index (χ1v) is 9.00. The summed E-state index contributed by atoms with van der Waals surface area (Å²) >= 11 is 1.63. The fourth-order valence-electron chi connectivity index (χ4n) is 2.26. The molecule has 1 amide bonds. The fraction of sp³-hybridized carbons (Fsp3) is 0.0500. The van der Waals surface area contributed by atoms with Crippen LogP contribution in [0, 0.1) is 17.5 Å². The van der Waals surface area contributed by atoms with Crippen molar-refractivity contribution in [1.82, 2.24) is 5.43 Å². The Hall–Kier alpha value is -2.93. The number of anilines is 1. The molecule has 0 saturated heterocycles. The second-order valence-electron chi connectivity index (χ2n) is 5.60. The zero-order valence-corrected chi connectivity index (χ0v) is 14.8. The summed E-state index contributed by atoms with van der Waals surface area (Å²) in [4.78, 5) is 13.1. The van der Waals surface area contributed by atoms with Crippen LogP contribution >= 0.6 is 11.8 Å². The molecule has 0 unspecified atom stereocenters. The van der Waals surface area contributed by atoms with Gasteiger partial charge < -0.3 is 0 Å². The monoisotopic (exact) mass is 388 g/mol. The van der Waals surface area contributed by atoms with Gasteiger partial charge in [-0.05, 0) is 42.0 Å². The molecule has 0 heterocycles. The van der Waals surface area contributed by atoms with E-state index >= 15 is 0 Å². The van der Waals surface area contributed by atoms with E-state index in [1.807, 2.05) is 30.3 Å². The van der Waals surface area contributed by atoms with Crippen molar-refractivity contribution in [2.24, 2.45) is 0 Å². The Morgan fingerprint density at radius 3 is 2.26 bits per heavy atom. The summed E-state index contributed by atoms with van der Waals surface area (Å²) in [7, 11) is 0. The fourth-order valence-corrected chi connectivity index (χ4v) is 3.12. The van der Waals surface area contributed by atoms with E-state index in [1.165, 1.54) is 5.56 Å². The Balaban J connectivity index is 1.57. The second-order valence-corrected chi connectivity index (χ2v) is 6.65. The van der Waals surface area contributed by atoms with E-state index in [2.05, 4.69) is 10.9 Å². The van der Waals surface area contributed by atoms with E-state index in [4.69, 9.17) is 0 Å². The van der Waals surface area contributed by atoms with Gasteiger partial charge in [0.25, 0.3) is 5.91 Å². The highest BCUT2D eigenvalue weighted by atomic mass is 32.2. The smallest absolute Gasteiger partial charge is 0.269 e. The molecule has 138 valence electrons. The SMILES string of the molecule is O=C(NNc1ccc(F)c(F)c1F)c1ccc(SCc2ccccc2)cc1. The quantitative estimate of drug-likeness (QED) is 0.348. The molecular formula is C20H15F3N2OS. The van der Waals surface area contributed by atoms with Crippen molar-refractivity contribution in [2.75, 3.05) is 5.43 Å². The van der Waals surface area contributed by atoms with Crippen LogP contribution in [0.4, 0.5) is 18.9 Å². The molecule has 3 nitrogen and oxygen atoms in total. The van der Waals surface area contributed by atoms with Crippen molar-refractivity contribution in [3.63, 3.8) is 0 Å². The maximum Gasteiger partial charge on any atom is 0.269 e. The molecule has 3 aromatic rings. The number of halogens is 3. The summed E-state index contributed by atoms with van der Waals surface area (Å²) in [5.41, 5.74) is 5.68. The summed E-state index contributed by atoms with van der Waals surface area (Å²) in [5, 5.41) is 0. The van der Waals surface area contributed by atoms with Crippen LogP contribution in [0.5, 0.6) is 0 Å². The predicted octanol–water partition coefficient (Wildman–Crippen LogP) is 5.15. The zero-order valence-electron chi connectivity index (χ0n) is 14.0. The minimum Gasteiger partial charge on any atom is -0.295 e. The summed E-state index contributed by atoms with van der Waals surface area (Å²) in [5.74, 6) is -4.02. The number of nitrogens with one attached hydrogen (secondary N) is 2. The van der Waals surface area contributed by atoms with Crippen molar-refractivity contribution >= 4 is 23.4 Å². The van der Waals surface area contributed by atoms with E-state index in [-0.39, 0.29) is 5.69 Å². The molecule has 0 spiro atoms. The Morgan fingerprint density at radius 2 is 1.56 bits per heavy atom. The molecule has 0 atom stereocenters. The van der Waals surface area contributed by atoms with E-state index in [1.54, 1.807) is 36.0 Å². The summed E-state index contributed by atoms with van der Waals surface area (Å²) in [6.07, 6.45) is 0. The van der Waals surface area contributed by atoms with Gasteiger partial charge in [-0.3, -0.25) is 15.6 Å². The number of rotatable bonds is 6. The number of amides is 1. The van der Waals surface area contributed by atoms with Gasteiger partial charge in [0.05, 0.1) is 5.69 Å². The third-order valence-electron chi connectivity index (χ3n) is 3.71. The highest BCUT2D eigenvalue weighted by Gasteiger charge is 2.14. The summed E-state index contributed by atoms with van der Waals surface area (Å²) in [6, 6.07) is 18.6. The first-order valence-electron chi connectivity index (χ1n) is 8.01. The summed E-state index contributed by atoms with van der Waals surface area (Å²) < 4.78 is 39.6. The Bertz CT molecular complexity index is 934. The molecule has 2 N–H and O–H groups in total. The minimum absolute atomic E-state index is 0.342. The van der Waals surface area contributed by atoms with Gasteiger partial charge in [-0.2, -0.15) is 0 Å². The predicted molar refractivity (Wildman–Crippen MR) is 99.8 cm³/mol. The lowest BCUT2D eigenvalue weighted by Gasteiger charge is -2.10. The molecule has 27 heavy (non-hydrogen) atoms. The van der Waals surface area contributed by atoms with Crippen LogP contribution in [-0.2, 0) is 5.75 Å². The first-order chi connectivity index (χ1) is 13.0. The Labute approximate surface area is 158 Å². The third kappa shape index (κ3) is 4.83. The van der Waals surface area contributed by atoms with Gasteiger partial charge in [-0.1, -0.05) is 30.3 Å². The normalized spacial score (nSPS) is 10.5. The van der Waals surface area contributed by atoms with Crippen molar-refractivity contribution in [2.45, 2.75) is 10.6 Å². The number of hydrazine groups is 1. The number of benzene rings is 3. The van der Waals surface area contributed by atoms with Gasteiger partial charge >= 0.3 is 0 Å². The Kier molecular flexibility index (Phi) is 6.03. The maximum atomic E-state index is 13.6. The molecule has 0 bridgehead atoms. The number of hydrogen-bond acceptors (Lipinski definition) is 3. The van der Waals surface area contributed by atoms with Gasteiger partial charge in [-0.15, -0.1) is 11.8 Å². The molecule has 0 radical (unpaired) electrons. The molecule has 0 aliphatic carbocycles. The van der Waals surface area contributed by atoms with Crippen LogP contribution in [0.1, 0.15) is 15.9 Å². The van der Waals surface area contributed by atoms with Gasteiger partial charge in [-0.25, -0.2) is 13.2 Å². The van der Waals surface area contributed by atoms with Crippen LogP contribution in [0.3, 0.4) is 0 Å². The van der Waals surface area contributed by atoms with Crippen LogP contribution in [0.15, 0.2) is 71.6 Å². The third-order valence-corrected chi connectivity index (χ3v) is 4.79. The van der Waals surface area contributed by atoms with Crippen molar-refractivity contribution in [1.29, 1.82) is 0 Å². The van der Waals surface area contributed by atoms with E-state index in [0.29, 0.717) is 5.56 Å². The van der Waals surface area contributed by atoms with E-state index in [0.717, 1.165) is 22.8 Å². The van der Waals surface area contributed by atoms with Crippen molar-refractivity contribution in [3.05, 3.63) is 95.3 Å². The summed E-state index contributed by atoms with van der Waals surface area (Å²) in [6.45, 7) is 0. The number of hydrogen-bond donors (Lipinski definition) is 2. The number of carbonyl (C=O) groups is 1. The zero-order chi connectivity index (χ0) is 19.2. The van der Waals surface area contributed by atoms with Gasteiger partial charge in [0.1, 0.15) is 0 Å². The number of carbonyl (C=O) groups excluding carboxylic acids is 1. The first kappa shape index (κ1) is 18.8. The van der Waals surface area contributed by atoms with Gasteiger partial charge in [0.2, 0.25) is 0 Å². The lowest BCUT2D eigenvalue weighted by molar-refractivity contribution is 0.0962. The topological polar surface area (TPSA) is 41.1 Å². The van der Waals surface area contributed by atoms with Crippen LogP contribution in [0.2, 0.25) is 0 Å². The average molecular weight is 388 g/mol. The van der Waals surface area contributed by atoms with E-state index < -0.39 is 23.4 Å². The molecule has 0 aliphatic heterocycles. The lowest BCUT2D eigenvalue weighted by atomic mass is 10.2. The molecule has 3 rings (SSSR count). The molecule has 0 aliphatic rings. The lowest BCUT2D eigenvalue weighted by Crippen LogP contribution is -2.30. The molecular weight excluding hydrogens is 373 g/mol. The van der Waals surface area contributed by atoms with Gasteiger partial charge in [0.15, 0.2) is 17.5 Å². The Morgan fingerprint density at radius 1 is 0.852 bits per heavy atom. The van der Waals surface area contributed by atoms with Gasteiger partial charge in [0, 0.05) is 16.2 Å². The molecule has 7 heteroatoms. The van der Waals surface area contributed by atoms with Crippen LogP contribution in [-0.4, -0.2) is 5.91 Å². The van der Waals surface area contributed by atoms with Crippen LogP contribution < -0.4 is 10.9 Å². The van der Waals surface area contributed by atoms with E-state index in [9.17, 15) is 18.0 Å². The highest BCUT2D eigenvalue weighted by molar-refractivity contribution is 7.98. The molecule has 0 saturated carbocycles. The standard InChI is InChI=1S/C20H15F3N2OS/c21-16-10-11-17(19(23)18(16)22)24-25-20(26)14-6-8-15(9-7-14)27-12-13-4-2-1-3-5-13/h1-11,24H,12H2,(H,25,26).